The minimum absolute atomic E-state index is 0.0399. The number of benzene rings is 3. The molecule has 0 aromatic heterocycles. The maximum atomic E-state index is 13.1. The summed E-state index contributed by atoms with van der Waals surface area (Å²) in [7, 11) is -3.90. The standard InChI is InChI=1S/C22H19Cl2N3O3S/c23-19-12-11-18(21(24)13-19)14-25-26-22(28)16-27(15-17-7-3-1-4-8-17)31(29,30)20-9-5-2-6-10-20/h1-14H,15-16H2,(H,26,28)/b25-14-. The van der Waals surface area contributed by atoms with Crippen LogP contribution in [-0.2, 0) is 21.4 Å². The molecule has 1 N–H and O–H groups in total. The highest BCUT2D eigenvalue weighted by molar-refractivity contribution is 7.89. The van der Waals surface area contributed by atoms with Crippen molar-refractivity contribution in [2.24, 2.45) is 5.10 Å². The number of hydrogen-bond donors (Lipinski definition) is 1. The van der Waals surface area contributed by atoms with Crippen LogP contribution in [0.2, 0.25) is 10.0 Å². The van der Waals surface area contributed by atoms with Crippen LogP contribution in [0.5, 0.6) is 0 Å². The van der Waals surface area contributed by atoms with Crippen LogP contribution < -0.4 is 5.43 Å². The molecule has 0 aliphatic carbocycles. The van der Waals surface area contributed by atoms with Gasteiger partial charge in [0.2, 0.25) is 10.0 Å². The topological polar surface area (TPSA) is 78.8 Å². The van der Waals surface area contributed by atoms with E-state index in [9.17, 15) is 13.2 Å². The third-order valence-corrected chi connectivity index (χ3v) is 6.63. The van der Waals surface area contributed by atoms with Crippen molar-refractivity contribution in [2.45, 2.75) is 11.4 Å². The molecule has 0 saturated carbocycles. The van der Waals surface area contributed by atoms with E-state index in [0.29, 0.717) is 15.6 Å². The second kappa shape index (κ2) is 10.5. The Kier molecular flexibility index (Phi) is 7.81. The molecule has 3 rings (SSSR count). The number of halogens is 2. The molecule has 0 atom stereocenters. The minimum Gasteiger partial charge on any atom is -0.272 e. The molecule has 3 aromatic rings. The van der Waals surface area contributed by atoms with E-state index in [-0.39, 0.29) is 11.4 Å². The molecule has 0 unspecified atom stereocenters. The van der Waals surface area contributed by atoms with Gasteiger partial charge in [0.15, 0.2) is 0 Å². The van der Waals surface area contributed by atoms with Gasteiger partial charge in [0.25, 0.3) is 5.91 Å². The Labute approximate surface area is 191 Å². The molecule has 3 aromatic carbocycles. The summed E-state index contributed by atoms with van der Waals surface area (Å²) >= 11 is 11.9. The molecule has 1 amide bonds. The van der Waals surface area contributed by atoms with Gasteiger partial charge in [-0.05, 0) is 29.8 Å². The number of amides is 1. The quantitative estimate of drug-likeness (QED) is 0.388. The van der Waals surface area contributed by atoms with Crippen molar-refractivity contribution in [3.63, 3.8) is 0 Å². The lowest BCUT2D eigenvalue weighted by atomic mass is 10.2. The first kappa shape index (κ1) is 23.0. The van der Waals surface area contributed by atoms with Crippen molar-refractivity contribution >= 4 is 45.3 Å². The number of carbonyl (C=O) groups is 1. The number of carbonyl (C=O) groups excluding carboxylic acids is 1. The van der Waals surface area contributed by atoms with E-state index in [2.05, 4.69) is 10.5 Å². The van der Waals surface area contributed by atoms with Gasteiger partial charge >= 0.3 is 0 Å². The molecule has 0 radical (unpaired) electrons. The zero-order valence-corrected chi connectivity index (χ0v) is 18.6. The molecule has 0 saturated heterocycles. The van der Waals surface area contributed by atoms with Gasteiger partial charge in [-0.15, -0.1) is 0 Å². The number of sulfonamides is 1. The fourth-order valence-corrected chi connectivity index (χ4v) is 4.59. The maximum absolute atomic E-state index is 13.1. The van der Waals surface area contributed by atoms with Crippen LogP contribution in [0.4, 0.5) is 0 Å². The number of nitrogens with one attached hydrogen (secondary N) is 1. The van der Waals surface area contributed by atoms with Crippen LogP contribution in [0.3, 0.4) is 0 Å². The van der Waals surface area contributed by atoms with Crippen LogP contribution in [0, 0.1) is 0 Å². The summed E-state index contributed by atoms with van der Waals surface area (Å²) in [6.45, 7) is -0.365. The van der Waals surface area contributed by atoms with Crippen LogP contribution in [0.1, 0.15) is 11.1 Å². The molecule has 0 aliphatic rings. The van der Waals surface area contributed by atoms with Gasteiger partial charge in [-0.1, -0.05) is 77.8 Å². The summed E-state index contributed by atoms with van der Waals surface area (Å²) in [5, 5.41) is 4.73. The Morgan fingerprint density at radius 2 is 1.61 bits per heavy atom. The molecule has 0 bridgehead atoms. The average molecular weight is 476 g/mol. The van der Waals surface area contributed by atoms with E-state index in [1.165, 1.54) is 18.3 Å². The lowest BCUT2D eigenvalue weighted by Crippen LogP contribution is -2.39. The van der Waals surface area contributed by atoms with Crippen molar-refractivity contribution in [1.82, 2.24) is 9.73 Å². The van der Waals surface area contributed by atoms with Gasteiger partial charge in [0.05, 0.1) is 22.7 Å². The lowest BCUT2D eigenvalue weighted by Gasteiger charge is -2.21. The van der Waals surface area contributed by atoms with E-state index in [1.54, 1.807) is 48.5 Å². The monoisotopic (exact) mass is 475 g/mol. The minimum atomic E-state index is -3.90. The fourth-order valence-electron chi connectivity index (χ4n) is 2.73. The third-order valence-electron chi connectivity index (χ3n) is 4.26. The van der Waals surface area contributed by atoms with Crippen molar-refractivity contribution in [1.29, 1.82) is 0 Å². The zero-order chi connectivity index (χ0) is 22.3. The first-order chi connectivity index (χ1) is 14.9. The smallest absolute Gasteiger partial charge is 0.255 e. The highest BCUT2D eigenvalue weighted by Gasteiger charge is 2.26. The van der Waals surface area contributed by atoms with Gasteiger partial charge in [-0.2, -0.15) is 9.41 Å². The molecule has 0 heterocycles. The second-order valence-corrected chi connectivity index (χ2v) is 9.31. The van der Waals surface area contributed by atoms with Crippen LogP contribution in [0.25, 0.3) is 0 Å². The Hall–Kier alpha value is -2.71. The normalized spacial score (nSPS) is 11.7. The summed E-state index contributed by atoms with van der Waals surface area (Å²) in [6, 6.07) is 21.9. The summed E-state index contributed by atoms with van der Waals surface area (Å²) in [5.74, 6) is -0.586. The summed E-state index contributed by atoms with van der Waals surface area (Å²) in [5.41, 5.74) is 3.66. The zero-order valence-electron chi connectivity index (χ0n) is 16.3. The lowest BCUT2D eigenvalue weighted by molar-refractivity contribution is -0.121. The van der Waals surface area contributed by atoms with Crippen molar-refractivity contribution < 1.29 is 13.2 Å². The molecular formula is C22H19Cl2N3O3S. The molecule has 0 spiro atoms. The van der Waals surface area contributed by atoms with E-state index in [4.69, 9.17) is 23.2 Å². The largest absolute Gasteiger partial charge is 0.272 e. The van der Waals surface area contributed by atoms with Gasteiger partial charge < -0.3 is 0 Å². The highest BCUT2D eigenvalue weighted by Crippen LogP contribution is 2.20. The van der Waals surface area contributed by atoms with Gasteiger partial charge in [0, 0.05) is 17.1 Å². The highest BCUT2D eigenvalue weighted by atomic mass is 35.5. The molecule has 6 nitrogen and oxygen atoms in total. The number of rotatable bonds is 8. The summed E-state index contributed by atoms with van der Waals surface area (Å²) in [4.78, 5) is 12.6. The third kappa shape index (κ3) is 6.38. The Balaban J connectivity index is 1.76. The van der Waals surface area contributed by atoms with Gasteiger partial charge in [-0.25, -0.2) is 13.8 Å². The van der Waals surface area contributed by atoms with Crippen molar-refractivity contribution in [2.75, 3.05) is 6.54 Å². The van der Waals surface area contributed by atoms with Crippen LogP contribution in [0.15, 0.2) is 88.9 Å². The van der Waals surface area contributed by atoms with Crippen molar-refractivity contribution in [3.8, 4) is 0 Å². The maximum Gasteiger partial charge on any atom is 0.255 e. The van der Waals surface area contributed by atoms with Gasteiger partial charge in [0.1, 0.15) is 0 Å². The molecule has 0 aliphatic heterocycles. The van der Waals surface area contributed by atoms with Crippen LogP contribution >= 0.6 is 23.2 Å². The average Bonchev–Trinajstić information content (AvgIpc) is 2.76. The number of nitrogens with zero attached hydrogens (tertiary/aromatic N) is 2. The second-order valence-electron chi connectivity index (χ2n) is 6.53. The Bertz CT molecular complexity index is 1170. The molecule has 9 heteroatoms. The number of hydrogen-bond acceptors (Lipinski definition) is 4. The SMILES string of the molecule is O=C(CN(Cc1ccccc1)S(=O)(=O)c1ccccc1)N/N=C\c1ccc(Cl)cc1Cl. The molecular weight excluding hydrogens is 457 g/mol. The summed E-state index contributed by atoms with van der Waals surface area (Å²) < 4.78 is 27.4. The Morgan fingerprint density at radius 3 is 2.26 bits per heavy atom. The Morgan fingerprint density at radius 1 is 0.968 bits per heavy atom. The van der Waals surface area contributed by atoms with Crippen LogP contribution in [-0.4, -0.2) is 31.4 Å². The molecule has 160 valence electrons. The molecule has 31 heavy (non-hydrogen) atoms. The van der Waals surface area contributed by atoms with E-state index < -0.39 is 22.5 Å². The van der Waals surface area contributed by atoms with Crippen molar-refractivity contribution in [3.05, 3.63) is 100 Å². The predicted octanol–water partition coefficient (Wildman–Crippen LogP) is 4.33. The first-order valence-corrected chi connectivity index (χ1v) is 11.4. The summed E-state index contributed by atoms with van der Waals surface area (Å²) in [6.07, 6.45) is 1.36. The predicted molar refractivity (Wildman–Crippen MR) is 123 cm³/mol. The fraction of sp³-hybridized carbons (Fsp3) is 0.0909. The first-order valence-electron chi connectivity index (χ1n) is 9.22. The molecule has 0 fully saturated rings. The number of hydrazone groups is 1. The van der Waals surface area contributed by atoms with E-state index in [1.807, 2.05) is 18.2 Å². The van der Waals surface area contributed by atoms with E-state index in [0.717, 1.165) is 9.87 Å². The van der Waals surface area contributed by atoms with E-state index >= 15 is 0 Å². The van der Waals surface area contributed by atoms with Gasteiger partial charge in [-0.3, -0.25) is 4.79 Å².